The number of rotatable bonds is 9. The average Bonchev–Trinajstić information content (AvgIpc) is 2.62. The van der Waals surface area contributed by atoms with Gasteiger partial charge in [-0.1, -0.05) is 6.07 Å². The fraction of sp³-hybridized carbons (Fsp3) is 0.316. The molecular formula is C19H23FN2O4. The van der Waals surface area contributed by atoms with Gasteiger partial charge >= 0.3 is 0 Å². The molecule has 0 saturated heterocycles. The minimum Gasteiger partial charge on any atom is -0.493 e. The molecule has 0 heterocycles. The monoisotopic (exact) mass is 362 g/mol. The molecule has 2 rings (SSSR count). The first-order chi connectivity index (χ1) is 12.5. The predicted octanol–water partition coefficient (Wildman–Crippen LogP) is 3.11. The van der Waals surface area contributed by atoms with E-state index in [1.54, 1.807) is 25.3 Å². The standard InChI is InChI=1S/C19H23FN2O4/c1-13-4-6-17(18(10-13)25-3)26-16-7-5-14(11-15(16)20)22-19(23)12-21-8-9-24-2/h4-7,10-11,21H,8-9,12H2,1-3H3,(H,22,23). The molecule has 0 bridgehead atoms. The zero-order valence-electron chi connectivity index (χ0n) is 15.1. The van der Waals surface area contributed by atoms with Gasteiger partial charge < -0.3 is 24.8 Å². The maximum atomic E-state index is 14.3. The van der Waals surface area contributed by atoms with E-state index in [9.17, 15) is 9.18 Å². The molecule has 0 aliphatic heterocycles. The van der Waals surface area contributed by atoms with Gasteiger partial charge in [0.25, 0.3) is 0 Å². The van der Waals surface area contributed by atoms with E-state index in [-0.39, 0.29) is 18.2 Å². The fourth-order valence-corrected chi connectivity index (χ4v) is 2.22. The number of carbonyl (C=O) groups is 1. The molecule has 0 aliphatic rings. The number of carbonyl (C=O) groups excluding carboxylic acids is 1. The summed E-state index contributed by atoms with van der Waals surface area (Å²) >= 11 is 0. The summed E-state index contributed by atoms with van der Waals surface area (Å²) in [5.74, 6) is 0.121. The first-order valence-corrected chi connectivity index (χ1v) is 8.15. The topological polar surface area (TPSA) is 68.8 Å². The maximum Gasteiger partial charge on any atom is 0.238 e. The van der Waals surface area contributed by atoms with Crippen LogP contribution in [0.2, 0.25) is 0 Å². The van der Waals surface area contributed by atoms with Gasteiger partial charge in [-0.15, -0.1) is 0 Å². The van der Waals surface area contributed by atoms with Crippen LogP contribution in [0.3, 0.4) is 0 Å². The lowest BCUT2D eigenvalue weighted by atomic mass is 10.2. The van der Waals surface area contributed by atoms with Crippen LogP contribution in [0.15, 0.2) is 36.4 Å². The number of benzene rings is 2. The molecular weight excluding hydrogens is 339 g/mol. The number of hydrogen-bond donors (Lipinski definition) is 2. The van der Waals surface area contributed by atoms with Crippen LogP contribution in [0, 0.1) is 12.7 Å². The molecule has 6 nitrogen and oxygen atoms in total. The van der Waals surface area contributed by atoms with Crippen LogP contribution in [-0.4, -0.2) is 39.8 Å². The molecule has 0 radical (unpaired) electrons. The van der Waals surface area contributed by atoms with E-state index in [0.717, 1.165) is 5.56 Å². The predicted molar refractivity (Wildman–Crippen MR) is 97.6 cm³/mol. The maximum absolute atomic E-state index is 14.3. The Morgan fingerprint density at radius 3 is 2.54 bits per heavy atom. The third-order valence-corrected chi connectivity index (χ3v) is 3.52. The largest absolute Gasteiger partial charge is 0.493 e. The molecule has 2 aromatic rings. The lowest BCUT2D eigenvalue weighted by Gasteiger charge is -2.12. The number of ether oxygens (including phenoxy) is 3. The Labute approximate surface area is 152 Å². The summed E-state index contributed by atoms with van der Waals surface area (Å²) in [7, 11) is 3.11. The summed E-state index contributed by atoms with van der Waals surface area (Å²) in [6.45, 7) is 3.11. The zero-order valence-corrected chi connectivity index (χ0v) is 15.1. The van der Waals surface area contributed by atoms with E-state index < -0.39 is 5.82 Å². The van der Waals surface area contributed by atoms with Crippen LogP contribution in [-0.2, 0) is 9.53 Å². The van der Waals surface area contributed by atoms with E-state index in [2.05, 4.69) is 10.6 Å². The molecule has 0 fully saturated rings. The minimum atomic E-state index is -0.585. The Morgan fingerprint density at radius 1 is 1.08 bits per heavy atom. The molecule has 26 heavy (non-hydrogen) atoms. The van der Waals surface area contributed by atoms with Gasteiger partial charge in [0.2, 0.25) is 5.91 Å². The summed E-state index contributed by atoms with van der Waals surface area (Å²) in [6.07, 6.45) is 0. The average molecular weight is 362 g/mol. The van der Waals surface area contributed by atoms with Gasteiger partial charge in [-0.05, 0) is 36.8 Å². The van der Waals surface area contributed by atoms with Crippen LogP contribution in [0.4, 0.5) is 10.1 Å². The Bertz CT molecular complexity index is 752. The molecule has 0 unspecified atom stereocenters. The molecule has 0 aliphatic carbocycles. The van der Waals surface area contributed by atoms with Gasteiger partial charge in [-0.2, -0.15) is 0 Å². The van der Waals surface area contributed by atoms with Crippen LogP contribution in [0.25, 0.3) is 0 Å². The van der Waals surface area contributed by atoms with Crippen molar-refractivity contribution in [3.05, 3.63) is 47.8 Å². The number of anilines is 1. The van der Waals surface area contributed by atoms with E-state index in [4.69, 9.17) is 14.2 Å². The fourth-order valence-electron chi connectivity index (χ4n) is 2.22. The summed E-state index contributed by atoms with van der Waals surface area (Å²) in [5, 5.41) is 5.53. The quantitative estimate of drug-likeness (QED) is 0.671. The van der Waals surface area contributed by atoms with Crippen molar-refractivity contribution in [3.63, 3.8) is 0 Å². The van der Waals surface area contributed by atoms with Crippen molar-refractivity contribution in [2.45, 2.75) is 6.92 Å². The highest BCUT2D eigenvalue weighted by Gasteiger charge is 2.11. The third-order valence-electron chi connectivity index (χ3n) is 3.52. The minimum absolute atomic E-state index is 0.0448. The van der Waals surface area contributed by atoms with Crippen molar-refractivity contribution >= 4 is 11.6 Å². The van der Waals surface area contributed by atoms with Crippen LogP contribution < -0.4 is 20.1 Å². The van der Waals surface area contributed by atoms with Crippen molar-refractivity contribution < 1.29 is 23.4 Å². The molecule has 7 heteroatoms. The third kappa shape index (κ3) is 5.72. The van der Waals surface area contributed by atoms with Gasteiger partial charge in [-0.25, -0.2) is 4.39 Å². The smallest absolute Gasteiger partial charge is 0.238 e. The van der Waals surface area contributed by atoms with E-state index in [1.807, 2.05) is 13.0 Å². The summed E-state index contributed by atoms with van der Waals surface area (Å²) < 4.78 is 30.0. The van der Waals surface area contributed by atoms with Gasteiger partial charge in [-0.3, -0.25) is 4.79 Å². The van der Waals surface area contributed by atoms with E-state index in [1.165, 1.54) is 19.2 Å². The summed E-state index contributed by atoms with van der Waals surface area (Å²) in [6, 6.07) is 9.62. The zero-order chi connectivity index (χ0) is 18.9. The van der Waals surface area contributed by atoms with Crippen LogP contribution >= 0.6 is 0 Å². The summed E-state index contributed by atoms with van der Waals surface area (Å²) in [5.41, 5.74) is 1.36. The lowest BCUT2D eigenvalue weighted by molar-refractivity contribution is -0.115. The molecule has 140 valence electrons. The first kappa shape index (κ1) is 19.7. The van der Waals surface area contributed by atoms with E-state index in [0.29, 0.717) is 30.3 Å². The first-order valence-electron chi connectivity index (χ1n) is 8.15. The second-order valence-electron chi connectivity index (χ2n) is 5.62. The SMILES string of the molecule is COCCNCC(=O)Nc1ccc(Oc2ccc(C)cc2OC)c(F)c1. The van der Waals surface area contributed by atoms with Gasteiger partial charge in [0.1, 0.15) is 0 Å². The van der Waals surface area contributed by atoms with Gasteiger partial charge in [0.15, 0.2) is 23.1 Å². The Hall–Kier alpha value is -2.64. The molecule has 0 spiro atoms. The van der Waals surface area contributed by atoms with Crippen molar-refractivity contribution in [3.8, 4) is 17.2 Å². The normalized spacial score (nSPS) is 10.5. The highest BCUT2D eigenvalue weighted by atomic mass is 19.1. The number of nitrogens with one attached hydrogen (secondary N) is 2. The molecule has 0 atom stereocenters. The number of amides is 1. The molecule has 0 saturated carbocycles. The van der Waals surface area contributed by atoms with Crippen molar-refractivity contribution in [1.29, 1.82) is 0 Å². The van der Waals surface area contributed by atoms with Crippen LogP contribution in [0.5, 0.6) is 17.2 Å². The van der Waals surface area contributed by atoms with Gasteiger partial charge in [0.05, 0.1) is 20.3 Å². The number of methoxy groups -OCH3 is 2. The van der Waals surface area contributed by atoms with Crippen molar-refractivity contribution in [2.75, 3.05) is 39.2 Å². The van der Waals surface area contributed by atoms with Crippen LogP contribution in [0.1, 0.15) is 5.56 Å². The highest BCUT2D eigenvalue weighted by molar-refractivity contribution is 5.92. The molecule has 0 aromatic heterocycles. The highest BCUT2D eigenvalue weighted by Crippen LogP contribution is 2.34. The Morgan fingerprint density at radius 2 is 1.85 bits per heavy atom. The van der Waals surface area contributed by atoms with Gasteiger partial charge in [0, 0.05) is 25.4 Å². The lowest BCUT2D eigenvalue weighted by Crippen LogP contribution is -2.30. The van der Waals surface area contributed by atoms with Crippen molar-refractivity contribution in [1.82, 2.24) is 5.32 Å². The van der Waals surface area contributed by atoms with Crippen molar-refractivity contribution in [2.24, 2.45) is 0 Å². The Balaban J connectivity index is 2.00. The number of hydrogen-bond acceptors (Lipinski definition) is 5. The molecule has 2 aromatic carbocycles. The molecule has 2 N–H and O–H groups in total. The number of halogens is 1. The summed E-state index contributed by atoms with van der Waals surface area (Å²) in [4.78, 5) is 11.8. The second-order valence-corrected chi connectivity index (χ2v) is 5.62. The number of aryl methyl sites for hydroxylation is 1. The Kier molecular flexibility index (Phi) is 7.37. The molecule has 1 amide bonds. The second kappa shape index (κ2) is 9.74. The van der Waals surface area contributed by atoms with E-state index >= 15 is 0 Å².